The molecule has 15 heavy (non-hydrogen) atoms. The topological polar surface area (TPSA) is 83.0 Å². The Kier molecular flexibility index (Phi) is 4.23. The van der Waals surface area contributed by atoms with Crippen molar-refractivity contribution >= 4 is 5.97 Å². The highest BCUT2D eigenvalue weighted by molar-refractivity contribution is 5.69. The van der Waals surface area contributed by atoms with Crippen molar-refractivity contribution in [2.45, 2.75) is 32.4 Å². The monoisotopic (exact) mass is 212 g/mol. The van der Waals surface area contributed by atoms with Gasteiger partial charge in [0.25, 0.3) is 0 Å². The maximum absolute atomic E-state index is 10.9. The third-order valence-electron chi connectivity index (χ3n) is 2.16. The lowest BCUT2D eigenvalue weighted by Gasteiger charge is -2.10. The number of ether oxygens (including phenoxy) is 1. The second-order valence-electron chi connectivity index (χ2n) is 3.16. The van der Waals surface area contributed by atoms with E-state index in [-0.39, 0.29) is 12.0 Å². The van der Waals surface area contributed by atoms with Crippen LogP contribution >= 0.6 is 0 Å². The van der Waals surface area contributed by atoms with E-state index in [9.17, 15) is 4.79 Å². The minimum atomic E-state index is -0.272. The molecule has 0 bridgehead atoms. The van der Waals surface area contributed by atoms with E-state index in [0.29, 0.717) is 18.7 Å². The van der Waals surface area contributed by atoms with Gasteiger partial charge in [0.1, 0.15) is 12.2 Å². The molecule has 0 saturated heterocycles. The molecule has 6 nitrogen and oxygen atoms in total. The summed E-state index contributed by atoms with van der Waals surface area (Å²) in [6.07, 6.45) is 2.29. The van der Waals surface area contributed by atoms with E-state index < -0.39 is 0 Å². The molecule has 1 aromatic rings. The first-order chi connectivity index (χ1) is 7.19. The number of hydrogen-bond acceptors (Lipinski definition) is 5. The van der Waals surface area contributed by atoms with Gasteiger partial charge in [0.2, 0.25) is 0 Å². The highest BCUT2D eigenvalue weighted by Crippen LogP contribution is 2.12. The fourth-order valence-corrected chi connectivity index (χ4v) is 1.31. The lowest BCUT2D eigenvalue weighted by Crippen LogP contribution is -2.18. The number of hydrogen-bond donors (Lipinski definition) is 1. The number of nitrogens with zero attached hydrogens (tertiary/aromatic N) is 3. The van der Waals surface area contributed by atoms with Gasteiger partial charge in [0.05, 0.1) is 13.2 Å². The lowest BCUT2D eigenvalue weighted by atomic mass is 10.1. The maximum atomic E-state index is 10.9. The summed E-state index contributed by atoms with van der Waals surface area (Å²) in [6.45, 7) is 2.69. The van der Waals surface area contributed by atoms with Gasteiger partial charge in [-0.25, -0.2) is 9.67 Å². The van der Waals surface area contributed by atoms with Gasteiger partial charge in [-0.1, -0.05) is 0 Å². The number of carbonyl (C=O) groups excluding carboxylic acids is 1. The lowest BCUT2D eigenvalue weighted by molar-refractivity contribution is -0.140. The van der Waals surface area contributed by atoms with Gasteiger partial charge in [0.15, 0.2) is 0 Å². The molecule has 1 aromatic heterocycles. The average molecular weight is 212 g/mol. The van der Waals surface area contributed by atoms with Crippen LogP contribution in [0.3, 0.4) is 0 Å². The highest BCUT2D eigenvalue weighted by Gasteiger charge is 2.14. The summed E-state index contributed by atoms with van der Waals surface area (Å²) in [6, 6.07) is -0.272. The highest BCUT2D eigenvalue weighted by atomic mass is 16.5. The summed E-state index contributed by atoms with van der Waals surface area (Å²) in [5.41, 5.74) is 5.89. The van der Waals surface area contributed by atoms with Crippen molar-refractivity contribution in [2.24, 2.45) is 5.73 Å². The second-order valence-corrected chi connectivity index (χ2v) is 3.16. The molecule has 1 rings (SSSR count). The quantitative estimate of drug-likeness (QED) is 0.707. The summed E-state index contributed by atoms with van der Waals surface area (Å²) in [7, 11) is 1.36. The molecule has 0 fully saturated rings. The Hall–Kier alpha value is -1.43. The van der Waals surface area contributed by atoms with E-state index in [2.05, 4.69) is 14.8 Å². The van der Waals surface area contributed by atoms with Gasteiger partial charge < -0.3 is 10.5 Å². The van der Waals surface area contributed by atoms with Crippen molar-refractivity contribution in [1.82, 2.24) is 14.8 Å². The van der Waals surface area contributed by atoms with Gasteiger partial charge in [-0.15, -0.1) is 0 Å². The molecule has 0 amide bonds. The van der Waals surface area contributed by atoms with E-state index >= 15 is 0 Å². The number of aromatic nitrogens is 3. The van der Waals surface area contributed by atoms with Crippen LogP contribution in [0.1, 0.15) is 31.6 Å². The first kappa shape index (κ1) is 11.6. The number of esters is 1. The van der Waals surface area contributed by atoms with Crippen LogP contribution in [0.15, 0.2) is 6.33 Å². The van der Waals surface area contributed by atoms with Gasteiger partial charge in [-0.2, -0.15) is 5.10 Å². The minimum absolute atomic E-state index is 0.256. The van der Waals surface area contributed by atoms with Crippen LogP contribution in [0.5, 0.6) is 0 Å². The summed E-state index contributed by atoms with van der Waals surface area (Å²) in [5, 5.41) is 4.01. The van der Waals surface area contributed by atoms with E-state index in [1.165, 1.54) is 13.4 Å². The average Bonchev–Trinajstić information content (AvgIpc) is 2.73. The summed E-state index contributed by atoms with van der Waals surface area (Å²) >= 11 is 0. The molecule has 0 spiro atoms. The predicted molar refractivity (Wildman–Crippen MR) is 53.9 cm³/mol. The smallest absolute Gasteiger partial charge is 0.305 e. The number of aryl methyl sites for hydroxylation is 1. The maximum Gasteiger partial charge on any atom is 0.305 e. The third-order valence-corrected chi connectivity index (χ3v) is 2.16. The van der Waals surface area contributed by atoms with Gasteiger partial charge in [-0.05, 0) is 13.3 Å². The van der Waals surface area contributed by atoms with E-state index in [1.807, 2.05) is 6.92 Å². The molecule has 0 aliphatic heterocycles. The Morgan fingerprint density at radius 1 is 1.73 bits per heavy atom. The SMILES string of the molecule is CCn1ncnc1C(N)CCC(=O)OC. The van der Waals surface area contributed by atoms with E-state index in [1.54, 1.807) is 4.68 Å². The zero-order chi connectivity index (χ0) is 11.3. The Labute approximate surface area is 88.4 Å². The third kappa shape index (κ3) is 3.02. The Morgan fingerprint density at radius 2 is 2.47 bits per heavy atom. The van der Waals surface area contributed by atoms with Crippen LogP contribution in [-0.4, -0.2) is 27.8 Å². The normalized spacial score (nSPS) is 12.5. The van der Waals surface area contributed by atoms with Crippen molar-refractivity contribution < 1.29 is 9.53 Å². The number of nitrogens with two attached hydrogens (primary N) is 1. The van der Waals surface area contributed by atoms with Crippen molar-refractivity contribution in [2.75, 3.05) is 7.11 Å². The molecule has 1 atom stereocenters. The number of rotatable bonds is 5. The molecular formula is C9H16N4O2. The zero-order valence-electron chi connectivity index (χ0n) is 9.01. The fourth-order valence-electron chi connectivity index (χ4n) is 1.31. The van der Waals surface area contributed by atoms with Gasteiger partial charge in [0, 0.05) is 13.0 Å². The van der Waals surface area contributed by atoms with Crippen LogP contribution in [-0.2, 0) is 16.1 Å². The van der Waals surface area contributed by atoms with Crippen LogP contribution in [0, 0.1) is 0 Å². The summed E-state index contributed by atoms with van der Waals surface area (Å²) in [5.74, 6) is 0.453. The molecule has 0 aromatic carbocycles. The van der Waals surface area contributed by atoms with Crippen molar-refractivity contribution in [3.05, 3.63) is 12.2 Å². The number of carbonyl (C=O) groups is 1. The Morgan fingerprint density at radius 3 is 3.07 bits per heavy atom. The molecule has 1 heterocycles. The van der Waals surface area contributed by atoms with E-state index in [4.69, 9.17) is 5.73 Å². The fraction of sp³-hybridized carbons (Fsp3) is 0.667. The minimum Gasteiger partial charge on any atom is -0.469 e. The molecule has 2 N–H and O–H groups in total. The molecule has 0 saturated carbocycles. The molecule has 1 unspecified atom stereocenters. The first-order valence-electron chi connectivity index (χ1n) is 4.89. The molecular weight excluding hydrogens is 196 g/mol. The van der Waals surface area contributed by atoms with Crippen LogP contribution in [0.25, 0.3) is 0 Å². The Bertz CT molecular complexity index is 324. The summed E-state index contributed by atoms with van der Waals surface area (Å²) in [4.78, 5) is 15.0. The zero-order valence-corrected chi connectivity index (χ0v) is 9.01. The predicted octanol–water partition coefficient (Wildman–Crippen LogP) is 0.251. The Balaban J connectivity index is 2.53. The molecule has 0 radical (unpaired) electrons. The molecule has 84 valence electrons. The van der Waals surface area contributed by atoms with Crippen LogP contribution < -0.4 is 5.73 Å². The molecule has 0 aliphatic carbocycles. The molecule has 6 heteroatoms. The van der Waals surface area contributed by atoms with Crippen molar-refractivity contribution in [3.63, 3.8) is 0 Å². The van der Waals surface area contributed by atoms with Crippen LogP contribution in [0.2, 0.25) is 0 Å². The van der Waals surface area contributed by atoms with E-state index in [0.717, 1.165) is 6.54 Å². The van der Waals surface area contributed by atoms with Crippen LogP contribution in [0.4, 0.5) is 0 Å². The van der Waals surface area contributed by atoms with Gasteiger partial charge >= 0.3 is 5.97 Å². The standard InChI is InChI=1S/C9H16N4O2/c1-3-13-9(11-6-12-13)7(10)4-5-8(14)15-2/h6-7H,3-5,10H2,1-2H3. The second kappa shape index (κ2) is 5.45. The molecule has 0 aliphatic rings. The summed E-state index contributed by atoms with van der Waals surface area (Å²) < 4.78 is 6.26. The first-order valence-corrected chi connectivity index (χ1v) is 4.89. The van der Waals surface area contributed by atoms with Gasteiger partial charge in [-0.3, -0.25) is 4.79 Å². The number of methoxy groups -OCH3 is 1. The van der Waals surface area contributed by atoms with Crippen molar-refractivity contribution in [3.8, 4) is 0 Å². The largest absolute Gasteiger partial charge is 0.469 e. The van der Waals surface area contributed by atoms with Crippen molar-refractivity contribution in [1.29, 1.82) is 0 Å².